The van der Waals surface area contributed by atoms with Crippen LogP contribution in [0.4, 0.5) is 13.2 Å². The van der Waals surface area contributed by atoms with Crippen molar-refractivity contribution in [3.8, 4) is 5.75 Å². The lowest BCUT2D eigenvalue weighted by molar-refractivity contribution is -0.175. The van der Waals surface area contributed by atoms with Gasteiger partial charge in [-0.3, -0.25) is 4.79 Å². The fourth-order valence-corrected chi connectivity index (χ4v) is 2.15. The van der Waals surface area contributed by atoms with Crippen LogP contribution in [0.2, 0.25) is 5.02 Å². The lowest BCUT2D eigenvalue weighted by Crippen LogP contribution is -2.50. The number of carbonyl (C=O) groups is 1. The van der Waals surface area contributed by atoms with Crippen LogP contribution in [0, 0.1) is 0 Å². The zero-order chi connectivity index (χ0) is 19.1. The summed E-state index contributed by atoms with van der Waals surface area (Å²) >= 11 is 5.79. The van der Waals surface area contributed by atoms with Crippen LogP contribution in [0.3, 0.4) is 0 Å². The van der Waals surface area contributed by atoms with Crippen LogP contribution in [-0.4, -0.2) is 60.6 Å². The van der Waals surface area contributed by atoms with Gasteiger partial charge >= 0.3 is 6.18 Å². The Balaban J connectivity index is 2.66. The summed E-state index contributed by atoms with van der Waals surface area (Å²) in [4.78, 5) is 13.8. The average Bonchev–Trinajstić information content (AvgIpc) is 2.51. The maximum atomic E-state index is 12.6. The van der Waals surface area contributed by atoms with Gasteiger partial charge in [-0.05, 0) is 38.1 Å². The van der Waals surface area contributed by atoms with Crippen molar-refractivity contribution in [2.75, 3.05) is 32.9 Å². The summed E-state index contributed by atoms with van der Waals surface area (Å²) in [6, 6.07) is 6.40. The highest BCUT2D eigenvalue weighted by molar-refractivity contribution is 6.30. The molecule has 1 aromatic rings. The number of aliphatic hydroxyl groups is 1. The molecule has 0 atom stereocenters. The van der Waals surface area contributed by atoms with Gasteiger partial charge in [-0.1, -0.05) is 11.6 Å². The Morgan fingerprint density at radius 1 is 1.20 bits per heavy atom. The topological polar surface area (TPSA) is 59.0 Å². The molecule has 5 nitrogen and oxygen atoms in total. The van der Waals surface area contributed by atoms with Gasteiger partial charge in [-0.15, -0.1) is 0 Å². The standard InChI is InChI=1S/C16H21ClF3NO4/c1-15(2,25-13-5-3-12(17)4-6-13)14(23)21(7-9-22)8-10-24-11-16(18,19)20/h3-6,22H,7-11H2,1-2H3. The lowest BCUT2D eigenvalue weighted by atomic mass is 10.1. The van der Waals surface area contributed by atoms with Gasteiger partial charge in [0.05, 0.1) is 13.2 Å². The second-order valence-electron chi connectivity index (χ2n) is 5.75. The minimum Gasteiger partial charge on any atom is -0.478 e. The largest absolute Gasteiger partial charge is 0.478 e. The minimum atomic E-state index is -4.43. The van der Waals surface area contributed by atoms with Crippen LogP contribution in [0.1, 0.15) is 13.8 Å². The van der Waals surface area contributed by atoms with E-state index in [4.69, 9.17) is 21.4 Å². The number of halogens is 4. The van der Waals surface area contributed by atoms with Crippen LogP contribution in [0.5, 0.6) is 5.75 Å². The Labute approximate surface area is 149 Å². The number of hydrogen-bond donors (Lipinski definition) is 1. The number of amides is 1. The molecule has 142 valence electrons. The van der Waals surface area contributed by atoms with Gasteiger partial charge in [0, 0.05) is 18.1 Å². The van der Waals surface area contributed by atoms with Gasteiger partial charge in [-0.2, -0.15) is 13.2 Å². The number of nitrogens with zero attached hydrogens (tertiary/aromatic N) is 1. The Hall–Kier alpha value is -1.51. The maximum Gasteiger partial charge on any atom is 0.411 e. The third kappa shape index (κ3) is 7.94. The molecule has 0 aliphatic carbocycles. The van der Waals surface area contributed by atoms with Crippen molar-refractivity contribution in [2.24, 2.45) is 0 Å². The molecule has 0 fully saturated rings. The first-order valence-corrected chi connectivity index (χ1v) is 7.92. The van der Waals surface area contributed by atoms with E-state index >= 15 is 0 Å². The summed E-state index contributed by atoms with van der Waals surface area (Å²) in [5, 5.41) is 9.60. The molecule has 0 aromatic heterocycles. The molecule has 0 bridgehead atoms. The van der Waals surface area contributed by atoms with Crippen molar-refractivity contribution in [2.45, 2.75) is 25.6 Å². The van der Waals surface area contributed by atoms with Gasteiger partial charge < -0.3 is 19.5 Å². The molecule has 0 saturated carbocycles. The molecule has 0 heterocycles. The zero-order valence-corrected chi connectivity index (χ0v) is 14.7. The molecule has 1 rings (SSSR count). The molecule has 1 amide bonds. The summed E-state index contributed by atoms with van der Waals surface area (Å²) in [7, 11) is 0. The molecule has 9 heteroatoms. The summed E-state index contributed by atoms with van der Waals surface area (Å²) in [5.41, 5.74) is -1.28. The van der Waals surface area contributed by atoms with E-state index in [1.807, 2.05) is 0 Å². The molecule has 1 aromatic carbocycles. The van der Waals surface area contributed by atoms with Crippen LogP contribution in [0.25, 0.3) is 0 Å². The molecule has 0 radical (unpaired) electrons. The summed E-state index contributed by atoms with van der Waals surface area (Å²) in [5.74, 6) is -0.0628. The number of carbonyl (C=O) groups excluding carboxylic acids is 1. The highest BCUT2D eigenvalue weighted by Gasteiger charge is 2.34. The van der Waals surface area contributed by atoms with E-state index < -0.39 is 24.3 Å². The molecule has 0 aliphatic heterocycles. The summed E-state index contributed by atoms with van der Waals surface area (Å²) in [6.45, 7) is 0.906. The smallest absolute Gasteiger partial charge is 0.411 e. The number of aliphatic hydroxyl groups excluding tert-OH is 1. The number of ether oxygens (including phenoxy) is 2. The van der Waals surface area contributed by atoms with E-state index in [1.165, 1.54) is 18.7 Å². The van der Waals surface area contributed by atoms with Crippen molar-refractivity contribution in [1.29, 1.82) is 0 Å². The molecule has 1 N–H and O–H groups in total. The van der Waals surface area contributed by atoms with Crippen molar-refractivity contribution < 1.29 is 32.5 Å². The normalized spacial score (nSPS) is 12.1. The second-order valence-corrected chi connectivity index (χ2v) is 6.19. The van der Waals surface area contributed by atoms with Gasteiger partial charge in [0.25, 0.3) is 5.91 Å². The van der Waals surface area contributed by atoms with Crippen LogP contribution >= 0.6 is 11.6 Å². The number of benzene rings is 1. The van der Waals surface area contributed by atoms with Crippen molar-refractivity contribution in [3.05, 3.63) is 29.3 Å². The van der Waals surface area contributed by atoms with Gasteiger partial charge in [0.1, 0.15) is 12.4 Å². The second kappa shape index (κ2) is 9.26. The van der Waals surface area contributed by atoms with E-state index in [9.17, 15) is 18.0 Å². The highest BCUT2D eigenvalue weighted by atomic mass is 35.5. The van der Waals surface area contributed by atoms with E-state index in [0.29, 0.717) is 10.8 Å². The molecule has 0 saturated heterocycles. The monoisotopic (exact) mass is 383 g/mol. The SMILES string of the molecule is CC(C)(Oc1ccc(Cl)cc1)C(=O)N(CCO)CCOCC(F)(F)F. The highest BCUT2D eigenvalue weighted by Crippen LogP contribution is 2.22. The molecule has 0 spiro atoms. The summed E-state index contributed by atoms with van der Waals surface area (Å²) in [6.07, 6.45) is -4.43. The quantitative estimate of drug-likeness (QED) is 0.666. The zero-order valence-electron chi connectivity index (χ0n) is 14.0. The number of hydrogen-bond acceptors (Lipinski definition) is 4. The first-order chi connectivity index (χ1) is 11.5. The van der Waals surface area contributed by atoms with Crippen LogP contribution in [-0.2, 0) is 9.53 Å². The Morgan fingerprint density at radius 3 is 2.32 bits per heavy atom. The van der Waals surface area contributed by atoms with Gasteiger partial charge in [0.2, 0.25) is 0 Å². The molecule has 0 aliphatic rings. The molecule has 25 heavy (non-hydrogen) atoms. The van der Waals surface area contributed by atoms with Crippen LogP contribution in [0.15, 0.2) is 24.3 Å². The van der Waals surface area contributed by atoms with Crippen molar-refractivity contribution in [3.63, 3.8) is 0 Å². The maximum absolute atomic E-state index is 12.6. The number of rotatable bonds is 9. The molecular formula is C16H21ClF3NO4. The van der Waals surface area contributed by atoms with Crippen LogP contribution < -0.4 is 4.74 Å². The molecular weight excluding hydrogens is 363 g/mol. The fraction of sp³-hybridized carbons (Fsp3) is 0.562. The Morgan fingerprint density at radius 2 is 1.80 bits per heavy atom. The Bertz CT molecular complexity index is 549. The van der Waals surface area contributed by atoms with Gasteiger partial charge in [-0.25, -0.2) is 0 Å². The lowest BCUT2D eigenvalue weighted by Gasteiger charge is -2.32. The van der Waals surface area contributed by atoms with Crippen molar-refractivity contribution in [1.82, 2.24) is 4.90 Å². The first kappa shape index (κ1) is 21.5. The first-order valence-electron chi connectivity index (χ1n) is 7.54. The van der Waals surface area contributed by atoms with Gasteiger partial charge in [0.15, 0.2) is 5.60 Å². The third-order valence-electron chi connectivity index (χ3n) is 3.13. The fourth-order valence-electron chi connectivity index (χ4n) is 2.02. The van der Waals surface area contributed by atoms with E-state index in [2.05, 4.69) is 4.74 Å². The summed E-state index contributed by atoms with van der Waals surface area (Å²) < 4.78 is 46.4. The van der Waals surface area contributed by atoms with E-state index in [0.717, 1.165) is 0 Å². The number of alkyl halides is 3. The van der Waals surface area contributed by atoms with E-state index in [1.54, 1.807) is 24.3 Å². The third-order valence-corrected chi connectivity index (χ3v) is 3.38. The Kier molecular flexibility index (Phi) is 7.98. The minimum absolute atomic E-state index is 0.0401. The predicted molar refractivity (Wildman–Crippen MR) is 86.7 cm³/mol. The van der Waals surface area contributed by atoms with Crippen molar-refractivity contribution >= 4 is 17.5 Å². The predicted octanol–water partition coefficient (Wildman–Crippen LogP) is 2.90. The van der Waals surface area contributed by atoms with E-state index in [-0.39, 0.29) is 26.3 Å². The average molecular weight is 384 g/mol. The molecule has 0 unspecified atom stereocenters.